The molecule has 140 valence electrons. The largest absolute Gasteiger partial charge is 0.491 e. The van der Waals surface area contributed by atoms with Gasteiger partial charge in [-0.1, -0.05) is 32.4 Å². The van der Waals surface area contributed by atoms with Crippen LogP contribution in [0.2, 0.25) is 5.02 Å². The SMILES string of the molecule is CCOc1cc(/C=N\n2c(=S)[nH]nc(C(C)(C)C)c2=O)cc(Cl)c1OC. The topological polar surface area (TPSA) is 81.5 Å². The van der Waals surface area contributed by atoms with Crippen LogP contribution in [0.3, 0.4) is 0 Å². The van der Waals surface area contributed by atoms with Gasteiger partial charge >= 0.3 is 0 Å². The molecule has 0 atom stereocenters. The first kappa shape index (κ1) is 20.1. The van der Waals surface area contributed by atoms with Gasteiger partial charge in [-0.3, -0.25) is 9.89 Å². The molecule has 2 aromatic rings. The highest BCUT2D eigenvalue weighted by Gasteiger charge is 2.21. The van der Waals surface area contributed by atoms with E-state index in [0.717, 1.165) is 4.68 Å². The van der Waals surface area contributed by atoms with Crippen molar-refractivity contribution in [3.63, 3.8) is 0 Å². The van der Waals surface area contributed by atoms with Gasteiger partial charge in [-0.15, -0.1) is 0 Å². The molecule has 0 amide bonds. The quantitative estimate of drug-likeness (QED) is 0.617. The summed E-state index contributed by atoms with van der Waals surface area (Å²) in [5, 5.41) is 11.3. The van der Waals surface area contributed by atoms with Crippen molar-refractivity contribution in [2.24, 2.45) is 5.10 Å². The van der Waals surface area contributed by atoms with Crippen molar-refractivity contribution in [1.82, 2.24) is 14.9 Å². The Kier molecular flexibility index (Phi) is 6.20. The zero-order valence-electron chi connectivity index (χ0n) is 15.3. The Labute approximate surface area is 161 Å². The van der Waals surface area contributed by atoms with E-state index in [-0.39, 0.29) is 10.3 Å². The molecule has 1 aromatic heterocycles. The number of halogens is 1. The first-order chi connectivity index (χ1) is 12.2. The number of rotatable bonds is 5. The maximum atomic E-state index is 12.6. The van der Waals surface area contributed by atoms with E-state index in [0.29, 0.717) is 34.4 Å². The molecule has 0 aliphatic heterocycles. The van der Waals surface area contributed by atoms with Gasteiger partial charge < -0.3 is 9.47 Å². The molecule has 0 aliphatic carbocycles. The van der Waals surface area contributed by atoms with E-state index in [1.807, 2.05) is 27.7 Å². The van der Waals surface area contributed by atoms with Gasteiger partial charge in [0.15, 0.2) is 11.5 Å². The summed E-state index contributed by atoms with van der Waals surface area (Å²) < 4.78 is 12.0. The lowest BCUT2D eigenvalue weighted by Gasteiger charge is -2.16. The molecule has 1 heterocycles. The molecule has 26 heavy (non-hydrogen) atoms. The number of benzene rings is 1. The summed E-state index contributed by atoms with van der Waals surface area (Å²) >= 11 is 11.4. The minimum absolute atomic E-state index is 0.101. The average Bonchev–Trinajstić information content (AvgIpc) is 2.53. The van der Waals surface area contributed by atoms with Crippen LogP contribution in [0.5, 0.6) is 11.5 Å². The second-order valence-corrected chi connectivity index (χ2v) is 7.25. The number of nitrogens with zero attached hydrogens (tertiary/aromatic N) is 3. The Bertz CT molecular complexity index is 944. The molecule has 2 rings (SSSR count). The number of hydrogen-bond acceptors (Lipinski definition) is 6. The first-order valence-corrected chi connectivity index (χ1v) is 8.74. The van der Waals surface area contributed by atoms with E-state index in [9.17, 15) is 4.79 Å². The monoisotopic (exact) mass is 396 g/mol. The van der Waals surface area contributed by atoms with E-state index in [4.69, 9.17) is 33.3 Å². The summed E-state index contributed by atoms with van der Waals surface area (Å²) in [7, 11) is 1.52. The summed E-state index contributed by atoms with van der Waals surface area (Å²) in [6.45, 7) is 7.98. The fourth-order valence-electron chi connectivity index (χ4n) is 2.23. The number of aromatic amines is 1. The lowest BCUT2D eigenvalue weighted by Crippen LogP contribution is -2.32. The third kappa shape index (κ3) is 4.31. The molecule has 7 nitrogen and oxygen atoms in total. The predicted octanol–water partition coefficient (Wildman–Crippen LogP) is 3.54. The summed E-state index contributed by atoms with van der Waals surface area (Å²) in [6.07, 6.45) is 1.48. The average molecular weight is 397 g/mol. The van der Waals surface area contributed by atoms with Crippen molar-refractivity contribution < 1.29 is 9.47 Å². The smallest absolute Gasteiger partial charge is 0.297 e. The number of aromatic nitrogens is 3. The van der Waals surface area contributed by atoms with Crippen LogP contribution in [0.1, 0.15) is 39.0 Å². The molecule has 1 aromatic carbocycles. The molecule has 0 bridgehead atoms. The van der Waals surface area contributed by atoms with Crippen molar-refractivity contribution in [2.75, 3.05) is 13.7 Å². The first-order valence-electron chi connectivity index (χ1n) is 7.96. The van der Waals surface area contributed by atoms with E-state index < -0.39 is 5.41 Å². The molecule has 0 radical (unpaired) electrons. The molecule has 0 spiro atoms. The summed E-state index contributed by atoms with van der Waals surface area (Å²) in [4.78, 5) is 12.6. The van der Waals surface area contributed by atoms with E-state index in [1.54, 1.807) is 12.1 Å². The standard InChI is InChI=1S/C17H21ClN4O3S/c1-6-25-12-8-10(7-11(18)13(12)24-5)9-19-22-15(23)14(17(2,3)4)20-21-16(22)26/h7-9H,6H2,1-5H3,(H,21,26)/b19-9-. The fourth-order valence-corrected chi connectivity index (χ4v) is 2.70. The van der Waals surface area contributed by atoms with Crippen LogP contribution in [0.15, 0.2) is 22.0 Å². The van der Waals surface area contributed by atoms with Crippen LogP contribution < -0.4 is 15.0 Å². The molecule has 0 saturated heterocycles. The van der Waals surface area contributed by atoms with E-state index in [2.05, 4.69) is 15.3 Å². The van der Waals surface area contributed by atoms with E-state index >= 15 is 0 Å². The summed E-state index contributed by atoms with van der Waals surface area (Å²) in [5.41, 5.74) is 0.155. The van der Waals surface area contributed by atoms with Gasteiger partial charge in [0.2, 0.25) is 4.77 Å². The minimum Gasteiger partial charge on any atom is -0.491 e. The second-order valence-electron chi connectivity index (χ2n) is 6.46. The van der Waals surface area contributed by atoms with Crippen molar-refractivity contribution in [3.8, 4) is 11.5 Å². The van der Waals surface area contributed by atoms with Crippen LogP contribution >= 0.6 is 23.8 Å². The molecular formula is C17H21ClN4O3S. The zero-order valence-corrected chi connectivity index (χ0v) is 16.9. The molecular weight excluding hydrogens is 376 g/mol. The number of nitrogens with one attached hydrogen (secondary N) is 1. The van der Waals surface area contributed by atoms with Gasteiger partial charge in [0.25, 0.3) is 5.56 Å². The van der Waals surface area contributed by atoms with Crippen LogP contribution in [0.4, 0.5) is 0 Å². The van der Waals surface area contributed by atoms with Crippen molar-refractivity contribution >= 4 is 30.0 Å². The molecule has 9 heteroatoms. The molecule has 0 fully saturated rings. The zero-order chi connectivity index (χ0) is 19.5. The molecule has 0 aliphatic rings. The van der Waals surface area contributed by atoms with Gasteiger partial charge in [0.05, 0.1) is 25.0 Å². The Morgan fingerprint density at radius 1 is 1.42 bits per heavy atom. The van der Waals surface area contributed by atoms with Crippen LogP contribution in [0, 0.1) is 4.77 Å². The maximum absolute atomic E-state index is 12.6. The predicted molar refractivity (Wildman–Crippen MR) is 105 cm³/mol. The Morgan fingerprint density at radius 3 is 2.69 bits per heavy atom. The van der Waals surface area contributed by atoms with Crippen LogP contribution in [-0.2, 0) is 5.41 Å². The number of hydrogen-bond donors (Lipinski definition) is 1. The van der Waals surface area contributed by atoms with Crippen molar-refractivity contribution in [1.29, 1.82) is 0 Å². The number of ether oxygens (including phenoxy) is 2. The third-order valence-corrected chi connectivity index (χ3v) is 3.96. The van der Waals surface area contributed by atoms with Crippen LogP contribution in [-0.4, -0.2) is 34.8 Å². The third-order valence-electron chi connectivity index (χ3n) is 3.42. The highest BCUT2D eigenvalue weighted by molar-refractivity contribution is 7.71. The molecule has 1 N–H and O–H groups in total. The van der Waals surface area contributed by atoms with Crippen molar-refractivity contribution in [2.45, 2.75) is 33.1 Å². The highest BCUT2D eigenvalue weighted by Crippen LogP contribution is 2.35. The molecule has 0 unspecified atom stereocenters. The number of H-pyrrole nitrogens is 1. The van der Waals surface area contributed by atoms with Gasteiger partial charge in [0.1, 0.15) is 5.69 Å². The van der Waals surface area contributed by atoms with Crippen molar-refractivity contribution in [3.05, 3.63) is 43.5 Å². The lowest BCUT2D eigenvalue weighted by atomic mass is 9.93. The highest BCUT2D eigenvalue weighted by atomic mass is 35.5. The normalized spacial score (nSPS) is 11.8. The van der Waals surface area contributed by atoms with Gasteiger partial charge in [0, 0.05) is 5.41 Å². The van der Waals surface area contributed by atoms with Crippen LogP contribution in [0.25, 0.3) is 0 Å². The Hall–Kier alpha value is -2.19. The van der Waals surface area contributed by atoms with Gasteiger partial charge in [-0.2, -0.15) is 14.9 Å². The van der Waals surface area contributed by atoms with Gasteiger partial charge in [-0.05, 0) is 36.8 Å². The summed E-state index contributed by atoms with van der Waals surface area (Å²) in [6, 6.07) is 3.39. The Morgan fingerprint density at radius 2 is 2.12 bits per heavy atom. The maximum Gasteiger partial charge on any atom is 0.297 e. The number of methoxy groups -OCH3 is 1. The lowest BCUT2D eigenvalue weighted by molar-refractivity contribution is 0.311. The second kappa shape index (κ2) is 8.01. The van der Waals surface area contributed by atoms with Gasteiger partial charge in [-0.25, -0.2) is 0 Å². The Balaban J connectivity index is 2.51. The minimum atomic E-state index is -0.445. The van der Waals surface area contributed by atoms with E-state index in [1.165, 1.54) is 13.3 Å². The summed E-state index contributed by atoms with van der Waals surface area (Å²) in [5.74, 6) is 0.936. The molecule has 0 saturated carbocycles. The fraction of sp³-hybridized carbons (Fsp3) is 0.412.